The summed E-state index contributed by atoms with van der Waals surface area (Å²) in [5.41, 5.74) is 1.14. The highest BCUT2D eigenvalue weighted by Gasteiger charge is 2.11. The summed E-state index contributed by atoms with van der Waals surface area (Å²) in [5.74, 6) is 0.775. The van der Waals surface area contributed by atoms with Crippen LogP contribution in [0.25, 0.3) is 12.2 Å². The van der Waals surface area contributed by atoms with Crippen LogP contribution in [0.2, 0.25) is 0 Å². The first-order valence-electron chi connectivity index (χ1n) is 7.01. The van der Waals surface area contributed by atoms with E-state index in [1.165, 1.54) is 0 Å². The maximum Gasteiger partial charge on any atom is 0.217 e. The molecule has 3 rings (SSSR count). The number of benzene rings is 1. The van der Waals surface area contributed by atoms with Crippen molar-refractivity contribution >= 4 is 24.4 Å². The van der Waals surface area contributed by atoms with E-state index in [0.717, 1.165) is 44.4 Å². The number of nitrogens with one attached hydrogen (secondary N) is 1. The SMILES string of the molecule is S=c1nc(C=Cc2ccccc2)[nH]n1CN1CCOCC1. The first-order valence-corrected chi connectivity index (χ1v) is 7.42. The molecule has 0 spiro atoms. The maximum atomic E-state index is 5.35. The second-order valence-electron chi connectivity index (χ2n) is 4.94. The number of nitrogens with zero attached hydrogens (tertiary/aromatic N) is 3. The van der Waals surface area contributed by atoms with E-state index in [1.54, 1.807) is 0 Å². The predicted octanol–water partition coefficient (Wildman–Crippen LogP) is 2.40. The Morgan fingerprint density at radius 1 is 1.19 bits per heavy atom. The van der Waals surface area contributed by atoms with Crippen molar-refractivity contribution in [3.05, 3.63) is 46.5 Å². The molecule has 1 fully saturated rings. The number of H-pyrrole nitrogens is 1. The summed E-state index contributed by atoms with van der Waals surface area (Å²) < 4.78 is 7.82. The highest BCUT2D eigenvalue weighted by molar-refractivity contribution is 7.71. The van der Waals surface area contributed by atoms with E-state index in [2.05, 4.69) is 27.1 Å². The van der Waals surface area contributed by atoms with Crippen LogP contribution in [0.5, 0.6) is 0 Å². The molecule has 6 heteroatoms. The molecule has 2 heterocycles. The van der Waals surface area contributed by atoms with Crippen LogP contribution in [0.4, 0.5) is 0 Å². The van der Waals surface area contributed by atoms with Gasteiger partial charge in [0, 0.05) is 13.1 Å². The average molecular weight is 302 g/mol. The van der Waals surface area contributed by atoms with Crippen molar-refractivity contribution in [1.29, 1.82) is 0 Å². The van der Waals surface area contributed by atoms with Crippen LogP contribution in [0.1, 0.15) is 11.4 Å². The van der Waals surface area contributed by atoms with Crippen molar-refractivity contribution in [2.24, 2.45) is 0 Å². The molecule has 21 heavy (non-hydrogen) atoms. The van der Waals surface area contributed by atoms with Crippen molar-refractivity contribution < 1.29 is 4.74 Å². The monoisotopic (exact) mass is 302 g/mol. The topological polar surface area (TPSA) is 46.1 Å². The molecule has 0 aliphatic carbocycles. The van der Waals surface area contributed by atoms with Crippen LogP contribution in [-0.4, -0.2) is 46.0 Å². The number of aromatic nitrogens is 3. The third-order valence-electron chi connectivity index (χ3n) is 3.37. The lowest BCUT2D eigenvalue weighted by Gasteiger charge is -2.26. The van der Waals surface area contributed by atoms with E-state index in [1.807, 2.05) is 35.0 Å². The van der Waals surface area contributed by atoms with E-state index in [4.69, 9.17) is 17.0 Å². The molecule has 2 aromatic rings. The third-order valence-corrected chi connectivity index (χ3v) is 3.69. The van der Waals surface area contributed by atoms with Gasteiger partial charge in [-0.1, -0.05) is 36.4 Å². The van der Waals surface area contributed by atoms with Crippen molar-refractivity contribution in [2.45, 2.75) is 6.67 Å². The number of ether oxygens (including phenoxy) is 1. The molecule has 0 atom stereocenters. The summed E-state index contributed by atoms with van der Waals surface area (Å²) >= 11 is 5.30. The minimum Gasteiger partial charge on any atom is -0.379 e. The van der Waals surface area contributed by atoms with Gasteiger partial charge in [0.1, 0.15) is 5.82 Å². The number of aromatic amines is 1. The lowest BCUT2D eigenvalue weighted by molar-refractivity contribution is 0.0210. The molecular formula is C15H18N4OS. The largest absolute Gasteiger partial charge is 0.379 e. The second kappa shape index (κ2) is 6.80. The zero-order valence-corrected chi connectivity index (χ0v) is 12.6. The predicted molar refractivity (Wildman–Crippen MR) is 85.2 cm³/mol. The molecule has 1 aliphatic heterocycles. The highest BCUT2D eigenvalue weighted by Crippen LogP contribution is 2.06. The standard InChI is InChI=1S/C15H18N4OS/c21-15-16-14(7-6-13-4-2-1-3-5-13)17-19(15)12-18-8-10-20-11-9-18/h1-7H,8-12H2,(H,16,17,21). The van der Waals surface area contributed by atoms with Crippen LogP contribution >= 0.6 is 12.2 Å². The Kier molecular flexibility index (Phi) is 4.59. The first kappa shape index (κ1) is 14.2. The fraction of sp³-hybridized carbons (Fsp3) is 0.333. The minimum atomic E-state index is 0.578. The molecule has 1 aliphatic rings. The number of morpholine rings is 1. The van der Waals surface area contributed by atoms with E-state index in [9.17, 15) is 0 Å². The molecule has 0 saturated carbocycles. The smallest absolute Gasteiger partial charge is 0.217 e. The summed E-state index contributed by atoms with van der Waals surface area (Å²) in [6.45, 7) is 4.14. The van der Waals surface area contributed by atoms with Gasteiger partial charge < -0.3 is 4.74 Å². The fourth-order valence-electron chi connectivity index (χ4n) is 2.23. The Hall–Kier alpha value is -1.76. The molecule has 1 N–H and O–H groups in total. The van der Waals surface area contributed by atoms with Crippen LogP contribution in [-0.2, 0) is 11.4 Å². The van der Waals surface area contributed by atoms with Crippen molar-refractivity contribution in [1.82, 2.24) is 19.7 Å². The molecule has 1 aromatic carbocycles. The van der Waals surface area contributed by atoms with Crippen LogP contribution in [0.3, 0.4) is 0 Å². The lowest BCUT2D eigenvalue weighted by atomic mass is 10.2. The molecule has 0 amide bonds. The number of hydrogen-bond acceptors (Lipinski definition) is 4. The fourth-order valence-corrected chi connectivity index (χ4v) is 2.43. The summed E-state index contributed by atoms with van der Waals surface area (Å²) in [5, 5.41) is 3.23. The number of rotatable bonds is 4. The average Bonchev–Trinajstić information content (AvgIpc) is 2.87. The van der Waals surface area contributed by atoms with Gasteiger partial charge in [-0.2, -0.15) is 4.98 Å². The van der Waals surface area contributed by atoms with E-state index < -0.39 is 0 Å². The van der Waals surface area contributed by atoms with Gasteiger partial charge in [-0.05, 0) is 23.9 Å². The van der Waals surface area contributed by atoms with Crippen molar-refractivity contribution in [2.75, 3.05) is 26.3 Å². The van der Waals surface area contributed by atoms with Gasteiger partial charge in [0.2, 0.25) is 4.77 Å². The first-order chi connectivity index (χ1) is 10.3. The molecule has 0 bridgehead atoms. The Morgan fingerprint density at radius 2 is 1.95 bits per heavy atom. The minimum absolute atomic E-state index is 0.578. The Bertz CT molecular complexity index is 656. The number of hydrogen-bond donors (Lipinski definition) is 1. The lowest BCUT2D eigenvalue weighted by Crippen LogP contribution is -2.37. The molecule has 110 valence electrons. The van der Waals surface area contributed by atoms with E-state index >= 15 is 0 Å². The maximum absolute atomic E-state index is 5.35. The highest BCUT2D eigenvalue weighted by atomic mass is 32.1. The summed E-state index contributed by atoms with van der Waals surface area (Å²) in [6.07, 6.45) is 3.97. The van der Waals surface area contributed by atoms with Gasteiger partial charge in [0.15, 0.2) is 0 Å². The Labute approximate surface area is 128 Å². The molecule has 0 radical (unpaired) electrons. The van der Waals surface area contributed by atoms with Crippen LogP contribution < -0.4 is 0 Å². The van der Waals surface area contributed by atoms with Crippen molar-refractivity contribution in [3.63, 3.8) is 0 Å². The third kappa shape index (κ3) is 3.87. The molecule has 5 nitrogen and oxygen atoms in total. The van der Waals surface area contributed by atoms with Gasteiger partial charge in [0.05, 0.1) is 19.9 Å². The van der Waals surface area contributed by atoms with Gasteiger partial charge in [-0.15, -0.1) is 0 Å². The molecule has 1 saturated heterocycles. The quantitative estimate of drug-likeness (QED) is 0.881. The molecule has 1 aromatic heterocycles. The summed E-state index contributed by atoms with van der Waals surface area (Å²) in [4.78, 5) is 6.66. The zero-order chi connectivity index (χ0) is 14.5. The van der Waals surface area contributed by atoms with Gasteiger partial charge in [-0.25, -0.2) is 4.68 Å². The van der Waals surface area contributed by atoms with Crippen molar-refractivity contribution in [3.8, 4) is 0 Å². The Morgan fingerprint density at radius 3 is 2.71 bits per heavy atom. The normalized spacial score (nSPS) is 16.6. The summed E-state index contributed by atoms with van der Waals surface area (Å²) in [7, 11) is 0. The summed E-state index contributed by atoms with van der Waals surface area (Å²) in [6, 6.07) is 10.1. The zero-order valence-electron chi connectivity index (χ0n) is 11.7. The van der Waals surface area contributed by atoms with Gasteiger partial charge in [-0.3, -0.25) is 10.00 Å². The van der Waals surface area contributed by atoms with Crippen LogP contribution in [0.15, 0.2) is 30.3 Å². The molecular weight excluding hydrogens is 284 g/mol. The Balaban J connectivity index is 1.69. The second-order valence-corrected chi connectivity index (χ2v) is 5.30. The van der Waals surface area contributed by atoms with E-state index in [-0.39, 0.29) is 0 Å². The van der Waals surface area contributed by atoms with E-state index in [0.29, 0.717) is 4.77 Å². The van der Waals surface area contributed by atoms with Crippen LogP contribution in [0, 0.1) is 4.77 Å². The van der Waals surface area contributed by atoms with Gasteiger partial charge in [0.25, 0.3) is 0 Å². The molecule has 0 unspecified atom stereocenters. The van der Waals surface area contributed by atoms with Gasteiger partial charge >= 0.3 is 0 Å².